The second-order valence-corrected chi connectivity index (χ2v) is 3.12. The Hall–Kier alpha value is 0.180. The van der Waals surface area contributed by atoms with Crippen LogP contribution in [0.15, 0.2) is 36.4 Å². The fourth-order valence-electron chi connectivity index (χ4n) is 0.385. The van der Waals surface area contributed by atoms with Gasteiger partial charge in [0.1, 0.15) is 0 Å². The Morgan fingerprint density at radius 2 is 0.800 bits per heavy atom. The fourth-order valence-corrected chi connectivity index (χ4v) is 0.385. The summed E-state index contributed by atoms with van der Waals surface area (Å²) in [4.78, 5) is 0. The van der Waals surface area contributed by atoms with Crippen LogP contribution in [0.1, 0.15) is 0 Å². The van der Waals surface area contributed by atoms with Gasteiger partial charge in [0.05, 0.1) is 0 Å². The average Bonchev–Trinajstić information content (AvgIpc) is 2.08. The van der Waals surface area contributed by atoms with Crippen LogP contribution in [0.5, 0.6) is 0 Å². The van der Waals surface area contributed by atoms with E-state index in [0.29, 0.717) is 0 Å². The lowest BCUT2D eigenvalue weighted by Crippen LogP contribution is -1.61. The molecule has 0 atom stereocenters. The Kier molecular flexibility index (Phi) is 9.35. The summed E-state index contributed by atoms with van der Waals surface area (Å²) in [6, 6.07) is 12.0. The SMILES string of the molecule is BrCCBr.c1ccccc1. The minimum absolute atomic E-state index is 1.05. The van der Waals surface area contributed by atoms with Crippen LogP contribution in [0.2, 0.25) is 0 Å². The average molecular weight is 266 g/mol. The van der Waals surface area contributed by atoms with Crippen LogP contribution in [0, 0.1) is 0 Å². The van der Waals surface area contributed by atoms with Gasteiger partial charge in [-0.2, -0.15) is 0 Å². The molecular formula is C8H10Br2. The molecule has 0 saturated carbocycles. The minimum atomic E-state index is 1.05. The zero-order chi connectivity index (χ0) is 7.66. The van der Waals surface area contributed by atoms with E-state index in [2.05, 4.69) is 31.9 Å². The lowest BCUT2D eigenvalue weighted by molar-refractivity contribution is 1.62. The van der Waals surface area contributed by atoms with Gasteiger partial charge in [0.25, 0.3) is 0 Å². The Morgan fingerprint density at radius 1 is 0.600 bits per heavy atom. The van der Waals surface area contributed by atoms with Crippen molar-refractivity contribution in [2.24, 2.45) is 0 Å². The number of halogens is 2. The minimum Gasteiger partial charge on any atom is -0.0919 e. The maximum absolute atomic E-state index is 3.20. The van der Waals surface area contributed by atoms with Gasteiger partial charge in [-0.15, -0.1) is 0 Å². The highest BCUT2D eigenvalue weighted by molar-refractivity contribution is 9.11. The lowest BCUT2D eigenvalue weighted by atomic mass is 10.4. The molecule has 0 saturated heterocycles. The van der Waals surface area contributed by atoms with E-state index in [1.807, 2.05) is 36.4 Å². The predicted molar refractivity (Wildman–Crippen MR) is 54.0 cm³/mol. The Balaban J connectivity index is 0.000000180. The fraction of sp³-hybridized carbons (Fsp3) is 0.250. The first kappa shape index (κ1) is 10.2. The van der Waals surface area contributed by atoms with Crippen molar-refractivity contribution < 1.29 is 0 Å². The van der Waals surface area contributed by atoms with E-state index in [0.717, 1.165) is 10.7 Å². The van der Waals surface area contributed by atoms with E-state index in [1.54, 1.807) is 0 Å². The van der Waals surface area contributed by atoms with Gasteiger partial charge in [0.2, 0.25) is 0 Å². The molecule has 56 valence electrons. The van der Waals surface area contributed by atoms with Gasteiger partial charge < -0.3 is 0 Å². The second kappa shape index (κ2) is 9.18. The summed E-state index contributed by atoms with van der Waals surface area (Å²) in [5.74, 6) is 0. The largest absolute Gasteiger partial charge is 0.0919 e. The van der Waals surface area contributed by atoms with Crippen LogP contribution < -0.4 is 0 Å². The first-order valence-electron chi connectivity index (χ1n) is 3.03. The molecule has 1 aromatic rings. The van der Waals surface area contributed by atoms with E-state index >= 15 is 0 Å². The molecule has 0 amide bonds. The summed E-state index contributed by atoms with van der Waals surface area (Å²) < 4.78 is 0. The quantitative estimate of drug-likeness (QED) is 0.683. The first-order chi connectivity index (χ1) is 4.91. The van der Waals surface area contributed by atoms with E-state index in [9.17, 15) is 0 Å². The summed E-state index contributed by atoms with van der Waals surface area (Å²) >= 11 is 6.40. The molecular weight excluding hydrogens is 256 g/mol. The summed E-state index contributed by atoms with van der Waals surface area (Å²) in [5.41, 5.74) is 0. The van der Waals surface area contributed by atoms with Gasteiger partial charge in [-0.1, -0.05) is 68.3 Å². The highest BCUT2D eigenvalue weighted by Crippen LogP contribution is 1.82. The highest BCUT2D eigenvalue weighted by Gasteiger charge is 1.60. The second-order valence-electron chi connectivity index (χ2n) is 1.53. The molecule has 0 fully saturated rings. The van der Waals surface area contributed by atoms with Gasteiger partial charge in [0.15, 0.2) is 0 Å². The van der Waals surface area contributed by atoms with Crippen molar-refractivity contribution >= 4 is 31.9 Å². The molecule has 1 aromatic carbocycles. The molecule has 0 radical (unpaired) electrons. The van der Waals surface area contributed by atoms with E-state index < -0.39 is 0 Å². The topological polar surface area (TPSA) is 0 Å². The van der Waals surface area contributed by atoms with Crippen LogP contribution in [0.3, 0.4) is 0 Å². The molecule has 10 heavy (non-hydrogen) atoms. The van der Waals surface area contributed by atoms with E-state index in [-0.39, 0.29) is 0 Å². The van der Waals surface area contributed by atoms with Crippen LogP contribution in [0.4, 0.5) is 0 Å². The lowest BCUT2D eigenvalue weighted by Gasteiger charge is -1.69. The van der Waals surface area contributed by atoms with Crippen molar-refractivity contribution in [1.29, 1.82) is 0 Å². The molecule has 0 aliphatic rings. The molecule has 0 N–H and O–H groups in total. The smallest absolute Gasteiger partial charge is 0.0129 e. The van der Waals surface area contributed by atoms with Crippen molar-refractivity contribution in [3.8, 4) is 0 Å². The summed E-state index contributed by atoms with van der Waals surface area (Å²) in [5, 5.41) is 2.10. The van der Waals surface area contributed by atoms with Crippen molar-refractivity contribution in [2.45, 2.75) is 0 Å². The third-order valence-electron chi connectivity index (χ3n) is 0.738. The number of rotatable bonds is 1. The third-order valence-corrected chi connectivity index (χ3v) is 2.60. The zero-order valence-corrected chi connectivity index (χ0v) is 8.81. The molecule has 1 rings (SSSR count). The molecule has 0 heterocycles. The maximum atomic E-state index is 3.20. The van der Waals surface area contributed by atoms with Gasteiger partial charge in [0, 0.05) is 10.7 Å². The van der Waals surface area contributed by atoms with E-state index in [4.69, 9.17) is 0 Å². The van der Waals surface area contributed by atoms with E-state index in [1.165, 1.54) is 0 Å². The van der Waals surface area contributed by atoms with Crippen molar-refractivity contribution in [1.82, 2.24) is 0 Å². The normalized spacial score (nSPS) is 7.80. The molecule has 0 aliphatic carbocycles. The Morgan fingerprint density at radius 3 is 0.900 bits per heavy atom. The number of hydrogen-bond acceptors (Lipinski definition) is 0. The Bertz CT molecular complexity index is 99.2. The van der Waals surface area contributed by atoms with Crippen molar-refractivity contribution in [3.63, 3.8) is 0 Å². The van der Waals surface area contributed by atoms with Crippen molar-refractivity contribution in [3.05, 3.63) is 36.4 Å². The zero-order valence-electron chi connectivity index (χ0n) is 5.63. The third kappa shape index (κ3) is 8.18. The van der Waals surface area contributed by atoms with Gasteiger partial charge in [-0.3, -0.25) is 0 Å². The molecule has 0 unspecified atom stereocenters. The summed E-state index contributed by atoms with van der Waals surface area (Å²) in [7, 11) is 0. The van der Waals surface area contributed by atoms with Crippen LogP contribution in [-0.2, 0) is 0 Å². The monoisotopic (exact) mass is 264 g/mol. The van der Waals surface area contributed by atoms with Gasteiger partial charge >= 0.3 is 0 Å². The number of benzene rings is 1. The van der Waals surface area contributed by atoms with Gasteiger partial charge in [-0.25, -0.2) is 0 Å². The van der Waals surface area contributed by atoms with Crippen LogP contribution >= 0.6 is 31.9 Å². The highest BCUT2D eigenvalue weighted by atomic mass is 79.9. The Labute approximate surface area is 78.9 Å². The molecule has 0 bridgehead atoms. The number of hydrogen-bond donors (Lipinski definition) is 0. The molecule has 0 spiro atoms. The predicted octanol–water partition coefficient (Wildman–Crippen LogP) is 3.46. The number of alkyl halides is 2. The van der Waals surface area contributed by atoms with Crippen LogP contribution in [0.25, 0.3) is 0 Å². The molecule has 2 heteroatoms. The standard InChI is InChI=1S/C6H6.C2H4Br2/c1-2-4-6-5-3-1;3-1-2-4/h1-6H;1-2H2. The van der Waals surface area contributed by atoms with Gasteiger partial charge in [-0.05, 0) is 0 Å². The maximum Gasteiger partial charge on any atom is 0.0129 e. The molecule has 0 nitrogen and oxygen atoms in total. The molecule has 0 aliphatic heterocycles. The van der Waals surface area contributed by atoms with Crippen molar-refractivity contribution in [2.75, 3.05) is 10.7 Å². The summed E-state index contributed by atoms with van der Waals surface area (Å²) in [6.07, 6.45) is 0. The molecule has 0 aromatic heterocycles. The van der Waals surface area contributed by atoms with Crippen LogP contribution in [-0.4, -0.2) is 10.7 Å². The first-order valence-corrected chi connectivity index (χ1v) is 5.28. The summed E-state index contributed by atoms with van der Waals surface area (Å²) in [6.45, 7) is 0.